The third-order valence-corrected chi connectivity index (χ3v) is 3.83. The van der Waals surface area contributed by atoms with Gasteiger partial charge < -0.3 is 10.4 Å². The highest BCUT2D eigenvalue weighted by atomic mass is 32.1. The van der Waals surface area contributed by atoms with Gasteiger partial charge in [-0.05, 0) is 47.5 Å². The Morgan fingerprint density at radius 1 is 1.36 bits per heavy atom. The zero-order valence-electron chi connectivity index (χ0n) is 11.8. The highest BCUT2D eigenvalue weighted by Crippen LogP contribution is 2.22. The number of halogens is 2. The lowest BCUT2D eigenvalue weighted by Gasteiger charge is -2.22. The van der Waals surface area contributed by atoms with Gasteiger partial charge in [0.25, 0.3) is 0 Å². The van der Waals surface area contributed by atoms with Crippen molar-refractivity contribution in [1.82, 2.24) is 5.32 Å². The van der Waals surface area contributed by atoms with Crippen molar-refractivity contribution in [3.63, 3.8) is 0 Å². The maximum Gasteiger partial charge on any atom is 0.244 e. The fraction of sp³-hybridized carbons (Fsp3) is 0.188. The summed E-state index contributed by atoms with van der Waals surface area (Å²) in [4.78, 5) is 11.7. The van der Waals surface area contributed by atoms with E-state index < -0.39 is 23.1 Å². The van der Waals surface area contributed by atoms with Crippen LogP contribution < -0.4 is 5.32 Å². The van der Waals surface area contributed by atoms with Gasteiger partial charge in [0, 0.05) is 11.6 Å². The topological polar surface area (TPSA) is 49.3 Å². The fourth-order valence-electron chi connectivity index (χ4n) is 1.82. The number of carbonyl (C=O) groups excluding carboxylic acids is 1. The van der Waals surface area contributed by atoms with Crippen molar-refractivity contribution in [1.29, 1.82) is 0 Å². The number of rotatable bonds is 5. The van der Waals surface area contributed by atoms with E-state index in [-0.39, 0.29) is 12.1 Å². The van der Waals surface area contributed by atoms with Crippen LogP contribution in [0.5, 0.6) is 0 Å². The molecule has 3 nitrogen and oxygen atoms in total. The van der Waals surface area contributed by atoms with Crippen molar-refractivity contribution < 1.29 is 18.7 Å². The molecule has 22 heavy (non-hydrogen) atoms. The summed E-state index contributed by atoms with van der Waals surface area (Å²) in [6.45, 7) is 1.57. The molecule has 0 fully saturated rings. The fourth-order valence-corrected chi connectivity index (χ4v) is 2.60. The molecule has 0 aliphatic rings. The van der Waals surface area contributed by atoms with Gasteiger partial charge in [-0.1, -0.05) is 6.07 Å². The van der Waals surface area contributed by atoms with Crippen LogP contribution in [0, 0.1) is 11.6 Å². The Bertz CT molecular complexity index is 661. The summed E-state index contributed by atoms with van der Waals surface area (Å²) >= 11 is 1.44. The zero-order chi connectivity index (χ0) is 16.2. The molecule has 1 aromatic carbocycles. The molecule has 0 bridgehead atoms. The Morgan fingerprint density at radius 3 is 2.64 bits per heavy atom. The van der Waals surface area contributed by atoms with Crippen molar-refractivity contribution in [3.05, 3.63) is 63.9 Å². The molecule has 1 atom stereocenters. The highest BCUT2D eigenvalue weighted by molar-refractivity contribution is 7.08. The lowest BCUT2D eigenvalue weighted by atomic mass is 9.99. The number of amides is 1. The number of hydrogen-bond acceptors (Lipinski definition) is 3. The van der Waals surface area contributed by atoms with Gasteiger partial charge in [-0.3, -0.25) is 4.79 Å². The van der Waals surface area contributed by atoms with E-state index in [1.807, 2.05) is 5.38 Å². The first kappa shape index (κ1) is 16.3. The second kappa shape index (κ2) is 6.81. The third-order valence-electron chi connectivity index (χ3n) is 3.15. The molecule has 2 N–H and O–H groups in total. The van der Waals surface area contributed by atoms with Crippen LogP contribution in [0.3, 0.4) is 0 Å². The summed E-state index contributed by atoms with van der Waals surface area (Å²) in [7, 11) is 0. The van der Waals surface area contributed by atoms with E-state index in [1.165, 1.54) is 17.4 Å². The molecule has 0 saturated heterocycles. The number of thiophene rings is 1. The Kier molecular flexibility index (Phi) is 5.05. The standard InChI is InChI=1S/C16H15F2NO2S/c1-16(21,11-7-8-22-9-11)10-19-15(20)6-5-12-13(17)3-2-4-14(12)18/h2-9,21H,10H2,1H3,(H,19,20)/b6-5+/t16-/m0/s1. The van der Waals surface area contributed by atoms with Crippen LogP contribution in [-0.4, -0.2) is 17.6 Å². The average Bonchev–Trinajstić information content (AvgIpc) is 3.00. The van der Waals surface area contributed by atoms with E-state index in [0.29, 0.717) is 5.56 Å². The largest absolute Gasteiger partial charge is 0.384 e. The van der Waals surface area contributed by atoms with Crippen LogP contribution in [0.4, 0.5) is 8.78 Å². The molecule has 2 aromatic rings. The normalized spacial score (nSPS) is 14.0. The number of benzene rings is 1. The lowest BCUT2D eigenvalue weighted by molar-refractivity contribution is -0.117. The Labute approximate surface area is 130 Å². The third kappa shape index (κ3) is 3.99. The molecule has 0 aliphatic heterocycles. The molecule has 0 unspecified atom stereocenters. The van der Waals surface area contributed by atoms with E-state index in [4.69, 9.17) is 0 Å². The second-order valence-corrected chi connectivity index (χ2v) is 5.75. The molecule has 116 valence electrons. The summed E-state index contributed by atoms with van der Waals surface area (Å²) in [6.07, 6.45) is 2.10. The van der Waals surface area contributed by atoms with Gasteiger partial charge in [0.05, 0.1) is 6.54 Å². The average molecular weight is 323 g/mol. The van der Waals surface area contributed by atoms with Crippen LogP contribution in [0.1, 0.15) is 18.1 Å². The van der Waals surface area contributed by atoms with Crippen molar-refractivity contribution >= 4 is 23.3 Å². The van der Waals surface area contributed by atoms with Crippen LogP contribution in [0.2, 0.25) is 0 Å². The van der Waals surface area contributed by atoms with Gasteiger partial charge in [-0.15, -0.1) is 0 Å². The molecule has 1 amide bonds. The SMILES string of the molecule is C[C@](O)(CNC(=O)/C=C/c1c(F)cccc1F)c1ccsc1. The Balaban J connectivity index is 1.97. The molecule has 6 heteroatoms. The van der Waals surface area contributed by atoms with Crippen LogP contribution in [0.25, 0.3) is 6.08 Å². The second-order valence-electron chi connectivity index (χ2n) is 4.97. The summed E-state index contributed by atoms with van der Waals surface area (Å²) in [5.74, 6) is -2.03. The molecule has 1 heterocycles. The van der Waals surface area contributed by atoms with E-state index in [2.05, 4.69) is 5.32 Å². The number of carbonyl (C=O) groups is 1. The van der Waals surface area contributed by atoms with Crippen LogP contribution in [-0.2, 0) is 10.4 Å². The first-order chi connectivity index (χ1) is 10.4. The first-order valence-electron chi connectivity index (χ1n) is 6.55. The van der Waals surface area contributed by atoms with Gasteiger partial charge in [-0.25, -0.2) is 8.78 Å². The summed E-state index contributed by atoms with van der Waals surface area (Å²) in [5, 5.41) is 16.4. The predicted molar refractivity (Wildman–Crippen MR) is 82.3 cm³/mol. The van der Waals surface area contributed by atoms with E-state index in [0.717, 1.165) is 24.3 Å². The smallest absolute Gasteiger partial charge is 0.244 e. The first-order valence-corrected chi connectivity index (χ1v) is 7.49. The van der Waals surface area contributed by atoms with Gasteiger partial charge in [0.1, 0.15) is 17.2 Å². The number of hydrogen-bond donors (Lipinski definition) is 2. The maximum absolute atomic E-state index is 13.4. The molecule has 0 aliphatic carbocycles. The lowest BCUT2D eigenvalue weighted by Crippen LogP contribution is -2.37. The molecule has 2 rings (SSSR count). The Hall–Kier alpha value is -2.05. The quantitative estimate of drug-likeness (QED) is 0.831. The van der Waals surface area contributed by atoms with Gasteiger partial charge in [-0.2, -0.15) is 11.3 Å². The van der Waals surface area contributed by atoms with Crippen molar-refractivity contribution in [2.45, 2.75) is 12.5 Å². The molecule has 0 saturated carbocycles. The molecule has 0 spiro atoms. The highest BCUT2D eigenvalue weighted by Gasteiger charge is 2.23. The van der Waals surface area contributed by atoms with E-state index in [9.17, 15) is 18.7 Å². The summed E-state index contributed by atoms with van der Waals surface area (Å²) in [5.41, 5.74) is -0.781. The molecule has 0 radical (unpaired) electrons. The summed E-state index contributed by atoms with van der Waals surface area (Å²) < 4.78 is 26.8. The van der Waals surface area contributed by atoms with Crippen molar-refractivity contribution in [2.24, 2.45) is 0 Å². The van der Waals surface area contributed by atoms with Gasteiger partial charge in [0.15, 0.2) is 0 Å². The predicted octanol–water partition coefficient (Wildman–Crippen LogP) is 3.06. The Morgan fingerprint density at radius 2 is 2.05 bits per heavy atom. The van der Waals surface area contributed by atoms with E-state index >= 15 is 0 Å². The van der Waals surface area contributed by atoms with Crippen molar-refractivity contribution in [3.8, 4) is 0 Å². The molecule has 1 aromatic heterocycles. The number of aliphatic hydroxyl groups is 1. The van der Waals surface area contributed by atoms with E-state index in [1.54, 1.807) is 18.4 Å². The summed E-state index contributed by atoms with van der Waals surface area (Å²) in [6, 6.07) is 5.24. The minimum Gasteiger partial charge on any atom is -0.384 e. The minimum atomic E-state index is -1.20. The zero-order valence-corrected chi connectivity index (χ0v) is 12.7. The van der Waals surface area contributed by atoms with Gasteiger partial charge >= 0.3 is 0 Å². The van der Waals surface area contributed by atoms with Crippen LogP contribution >= 0.6 is 11.3 Å². The minimum absolute atomic E-state index is 0.00728. The number of nitrogens with one attached hydrogen (secondary N) is 1. The maximum atomic E-state index is 13.4. The monoisotopic (exact) mass is 323 g/mol. The molecular weight excluding hydrogens is 308 g/mol. The van der Waals surface area contributed by atoms with Crippen LogP contribution in [0.15, 0.2) is 41.1 Å². The van der Waals surface area contributed by atoms with Crippen molar-refractivity contribution in [2.75, 3.05) is 6.54 Å². The van der Waals surface area contributed by atoms with Gasteiger partial charge in [0.2, 0.25) is 5.91 Å². The molecular formula is C16H15F2NO2S.